The molecule has 0 unspecified atom stereocenters. The lowest BCUT2D eigenvalue weighted by Gasteiger charge is -1.95. The topological polar surface area (TPSA) is 0 Å². The highest BCUT2D eigenvalue weighted by atomic mass is 19.2. The average Bonchev–Trinajstić information content (AvgIpc) is 2.60. The summed E-state index contributed by atoms with van der Waals surface area (Å²) in [5, 5.41) is 0. The van der Waals surface area contributed by atoms with Crippen LogP contribution in [0.25, 0.3) is 0 Å². The summed E-state index contributed by atoms with van der Waals surface area (Å²) >= 11 is 0. The minimum atomic E-state index is -1.41. The van der Waals surface area contributed by atoms with Gasteiger partial charge in [0.2, 0.25) is 0 Å². The largest absolute Gasteiger partial charge is 0.207 e. The van der Waals surface area contributed by atoms with Gasteiger partial charge in [0.05, 0.1) is 0 Å². The third-order valence-corrected chi connectivity index (χ3v) is 3.21. The van der Waals surface area contributed by atoms with Gasteiger partial charge in [-0.2, -0.15) is 0 Å². The molecule has 0 aliphatic rings. The van der Waals surface area contributed by atoms with E-state index in [9.17, 15) is 26.3 Å². The van der Waals surface area contributed by atoms with Crippen molar-refractivity contribution in [2.45, 2.75) is 20.8 Å². The molecule has 0 aromatic heterocycles. The Hall–Kier alpha value is -2.76. The fourth-order valence-electron chi connectivity index (χ4n) is 1.82. The van der Waals surface area contributed by atoms with Crippen LogP contribution in [0.1, 0.15) is 16.7 Å². The Balaban J connectivity index is 0.000000204. The van der Waals surface area contributed by atoms with Crippen molar-refractivity contribution in [3.63, 3.8) is 0 Å². The minimum Gasteiger partial charge on any atom is -0.207 e. The van der Waals surface area contributed by atoms with Crippen molar-refractivity contribution in [3.05, 3.63) is 106 Å². The smallest absolute Gasteiger partial charge is 0.194 e. The van der Waals surface area contributed by atoms with Gasteiger partial charge < -0.3 is 0 Å². The summed E-state index contributed by atoms with van der Waals surface area (Å²) in [7, 11) is 0. The summed E-state index contributed by atoms with van der Waals surface area (Å²) in [6.07, 6.45) is 0. The maximum Gasteiger partial charge on any atom is 0.194 e. The maximum atomic E-state index is 12.2. The van der Waals surface area contributed by atoms with E-state index in [4.69, 9.17) is 0 Å². The highest BCUT2D eigenvalue weighted by Gasteiger charge is 2.07. The Morgan fingerprint density at radius 1 is 0.444 bits per heavy atom. The molecule has 0 radical (unpaired) electrons. The first kappa shape index (κ1) is 22.3. The lowest BCUT2D eigenvalue weighted by molar-refractivity contribution is 0.446. The number of aryl methyl sites for hydroxylation is 3. The van der Waals surface area contributed by atoms with Gasteiger partial charge in [0.25, 0.3) is 0 Å². The minimum absolute atomic E-state index is 0.171. The number of hydrogen-bond acceptors (Lipinski definition) is 0. The third-order valence-electron chi connectivity index (χ3n) is 3.21. The number of benzene rings is 3. The Bertz CT molecular complexity index is 828. The van der Waals surface area contributed by atoms with Crippen LogP contribution in [0.15, 0.2) is 54.6 Å². The highest BCUT2D eigenvalue weighted by molar-refractivity contribution is 5.17. The predicted octanol–water partition coefficient (Wildman–Crippen LogP) is 6.82. The highest BCUT2D eigenvalue weighted by Crippen LogP contribution is 2.12. The van der Waals surface area contributed by atoms with E-state index in [0.29, 0.717) is 5.56 Å². The fraction of sp³-hybridized carbons (Fsp3) is 0.143. The second kappa shape index (κ2) is 10.4. The normalized spacial score (nSPS) is 9.67. The standard InChI is InChI=1S/C7H5F3.C7H6F2.C7H7F/c1-4-2-5(8)7(10)6(9)3-4;1-5-2-3-6(8)7(9)4-5;1-6-2-4-7(8)5-3-6/h2-3H,1H3;2-4H,1H3;2-5H,1H3. The fourth-order valence-corrected chi connectivity index (χ4v) is 1.82. The third kappa shape index (κ3) is 7.98. The molecule has 0 atom stereocenters. The lowest BCUT2D eigenvalue weighted by atomic mass is 10.2. The zero-order valence-electron chi connectivity index (χ0n) is 15.0. The Morgan fingerprint density at radius 2 is 0.889 bits per heavy atom. The molecule has 3 aromatic rings. The second-order valence-corrected chi connectivity index (χ2v) is 5.76. The van der Waals surface area contributed by atoms with E-state index in [2.05, 4.69) is 0 Å². The van der Waals surface area contributed by atoms with Gasteiger partial charge in [-0.25, -0.2) is 26.3 Å². The van der Waals surface area contributed by atoms with Gasteiger partial charge in [0.1, 0.15) is 5.82 Å². The molecule has 0 aliphatic carbocycles. The Kier molecular flexibility index (Phi) is 8.59. The zero-order chi connectivity index (χ0) is 20.6. The Morgan fingerprint density at radius 3 is 1.30 bits per heavy atom. The van der Waals surface area contributed by atoms with Gasteiger partial charge in [-0.1, -0.05) is 23.8 Å². The monoisotopic (exact) mass is 384 g/mol. The summed E-state index contributed by atoms with van der Waals surface area (Å²) in [5.74, 6) is -5.44. The van der Waals surface area contributed by atoms with Gasteiger partial charge in [0.15, 0.2) is 29.1 Å². The van der Waals surface area contributed by atoms with Gasteiger partial charge in [-0.05, 0) is 68.3 Å². The molecule has 27 heavy (non-hydrogen) atoms. The molecule has 0 N–H and O–H groups in total. The van der Waals surface area contributed by atoms with Crippen molar-refractivity contribution in [1.82, 2.24) is 0 Å². The summed E-state index contributed by atoms with van der Waals surface area (Å²) in [5.41, 5.74) is 2.19. The van der Waals surface area contributed by atoms with Crippen LogP contribution in [-0.2, 0) is 0 Å². The van der Waals surface area contributed by atoms with Crippen LogP contribution < -0.4 is 0 Å². The maximum absolute atomic E-state index is 12.2. The molecule has 0 nitrogen and oxygen atoms in total. The molecule has 6 heteroatoms. The molecule has 3 rings (SSSR count). The first-order chi connectivity index (χ1) is 12.6. The van der Waals surface area contributed by atoms with Crippen LogP contribution >= 0.6 is 0 Å². The van der Waals surface area contributed by atoms with Crippen LogP contribution in [0.3, 0.4) is 0 Å². The van der Waals surface area contributed by atoms with Crippen molar-refractivity contribution >= 4 is 0 Å². The molecule has 3 aromatic carbocycles. The molecule has 0 aliphatic heterocycles. The molecule has 0 saturated heterocycles. The summed E-state index contributed by atoms with van der Waals surface area (Å²) in [6, 6.07) is 12.1. The molecule has 0 bridgehead atoms. The van der Waals surface area contributed by atoms with Crippen molar-refractivity contribution in [1.29, 1.82) is 0 Å². The van der Waals surface area contributed by atoms with Crippen molar-refractivity contribution in [2.75, 3.05) is 0 Å². The first-order valence-electron chi connectivity index (χ1n) is 7.85. The quantitative estimate of drug-likeness (QED) is 0.295. The van der Waals surface area contributed by atoms with Crippen molar-refractivity contribution in [3.8, 4) is 0 Å². The zero-order valence-corrected chi connectivity index (χ0v) is 15.0. The summed E-state index contributed by atoms with van der Waals surface area (Å²) in [4.78, 5) is 0. The average molecular weight is 384 g/mol. The molecular weight excluding hydrogens is 366 g/mol. The molecule has 0 fully saturated rings. The van der Waals surface area contributed by atoms with Gasteiger partial charge in [0, 0.05) is 0 Å². The van der Waals surface area contributed by atoms with E-state index in [0.717, 1.165) is 35.4 Å². The van der Waals surface area contributed by atoms with Crippen LogP contribution in [0, 0.1) is 55.7 Å². The molecule has 0 heterocycles. The van der Waals surface area contributed by atoms with Crippen LogP contribution in [-0.4, -0.2) is 0 Å². The molecule has 0 spiro atoms. The Labute approximate surface area is 154 Å². The lowest BCUT2D eigenvalue weighted by Crippen LogP contribution is -1.90. The number of halogens is 6. The van der Waals surface area contributed by atoms with E-state index in [1.54, 1.807) is 19.1 Å². The second-order valence-electron chi connectivity index (χ2n) is 5.76. The molecular formula is C21H18F6. The first-order valence-corrected chi connectivity index (χ1v) is 7.85. The molecule has 0 amide bonds. The number of rotatable bonds is 0. The van der Waals surface area contributed by atoms with Gasteiger partial charge >= 0.3 is 0 Å². The van der Waals surface area contributed by atoms with E-state index in [-0.39, 0.29) is 5.82 Å². The van der Waals surface area contributed by atoms with Crippen LogP contribution in [0.2, 0.25) is 0 Å². The summed E-state index contributed by atoms with van der Waals surface area (Å²) < 4.78 is 73.0. The molecule has 0 saturated carbocycles. The van der Waals surface area contributed by atoms with Crippen molar-refractivity contribution in [2.24, 2.45) is 0 Å². The summed E-state index contributed by atoms with van der Waals surface area (Å²) in [6.45, 7) is 5.13. The van der Waals surface area contributed by atoms with Crippen LogP contribution in [0.4, 0.5) is 26.3 Å². The van der Waals surface area contributed by atoms with E-state index < -0.39 is 29.1 Å². The SMILES string of the molecule is Cc1cc(F)c(F)c(F)c1.Cc1ccc(F)c(F)c1.Cc1ccc(F)cc1. The van der Waals surface area contributed by atoms with Crippen molar-refractivity contribution < 1.29 is 26.3 Å². The predicted molar refractivity (Wildman–Crippen MR) is 93.3 cm³/mol. The van der Waals surface area contributed by atoms with E-state index >= 15 is 0 Å². The van der Waals surface area contributed by atoms with E-state index in [1.165, 1.54) is 25.1 Å². The van der Waals surface area contributed by atoms with Gasteiger partial charge in [-0.15, -0.1) is 0 Å². The number of hydrogen-bond donors (Lipinski definition) is 0. The van der Waals surface area contributed by atoms with Crippen LogP contribution in [0.5, 0.6) is 0 Å². The molecule has 144 valence electrons. The van der Waals surface area contributed by atoms with Gasteiger partial charge in [-0.3, -0.25) is 0 Å². The van der Waals surface area contributed by atoms with E-state index in [1.807, 2.05) is 6.92 Å².